The molecule has 5 nitrogen and oxygen atoms in total. The zero-order chi connectivity index (χ0) is 16.1. The van der Waals surface area contributed by atoms with Gasteiger partial charge in [0.15, 0.2) is 0 Å². The van der Waals surface area contributed by atoms with E-state index in [4.69, 9.17) is 9.47 Å². The molecule has 2 atom stereocenters. The number of hydrogen-bond acceptors (Lipinski definition) is 6. The van der Waals surface area contributed by atoms with Gasteiger partial charge >= 0.3 is 0 Å². The van der Waals surface area contributed by atoms with Gasteiger partial charge in [-0.05, 0) is 19.1 Å². The molecule has 1 aromatic carbocycles. The Morgan fingerprint density at radius 2 is 2.26 bits per heavy atom. The van der Waals surface area contributed by atoms with E-state index in [0.29, 0.717) is 19.8 Å². The zero-order valence-electron chi connectivity index (χ0n) is 13.2. The highest BCUT2D eigenvalue weighted by Gasteiger charge is 2.25. The minimum atomic E-state index is -0.521. The van der Waals surface area contributed by atoms with Gasteiger partial charge in [0.1, 0.15) is 29.6 Å². The van der Waals surface area contributed by atoms with Crippen LogP contribution < -0.4 is 4.74 Å². The van der Waals surface area contributed by atoms with Crippen LogP contribution in [0.3, 0.4) is 0 Å². The van der Waals surface area contributed by atoms with Crippen LogP contribution in [0.25, 0.3) is 0 Å². The molecule has 1 fully saturated rings. The number of rotatable bonds is 6. The van der Waals surface area contributed by atoms with Crippen molar-refractivity contribution in [2.24, 2.45) is 0 Å². The quantitative estimate of drug-likeness (QED) is 0.878. The van der Waals surface area contributed by atoms with Gasteiger partial charge in [-0.25, -0.2) is 4.98 Å². The van der Waals surface area contributed by atoms with Crippen molar-refractivity contribution in [3.63, 3.8) is 0 Å². The second kappa shape index (κ2) is 7.88. The fourth-order valence-electron chi connectivity index (χ4n) is 2.60. The number of aryl methyl sites for hydroxylation is 1. The summed E-state index contributed by atoms with van der Waals surface area (Å²) in [7, 11) is 0. The van der Waals surface area contributed by atoms with E-state index in [9.17, 15) is 5.11 Å². The fourth-order valence-corrected chi connectivity index (χ4v) is 3.43. The lowest BCUT2D eigenvalue weighted by atomic mass is 10.2. The van der Waals surface area contributed by atoms with Crippen molar-refractivity contribution >= 4 is 11.3 Å². The Bertz CT molecular complexity index is 605. The Hall–Kier alpha value is -1.47. The average molecular weight is 334 g/mol. The first-order chi connectivity index (χ1) is 11.2. The lowest BCUT2D eigenvalue weighted by Crippen LogP contribution is -2.43. The summed E-state index contributed by atoms with van der Waals surface area (Å²) in [5, 5.41) is 13.3. The number of aliphatic hydroxyl groups excluding tert-OH is 1. The van der Waals surface area contributed by atoms with Crippen molar-refractivity contribution in [3.8, 4) is 5.75 Å². The summed E-state index contributed by atoms with van der Waals surface area (Å²) in [6.07, 6.45) is -0.517. The number of benzene rings is 1. The number of morpholine rings is 1. The van der Waals surface area contributed by atoms with Crippen LogP contribution in [0.5, 0.6) is 5.75 Å². The summed E-state index contributed by atoms with van der Waals surface area (Å²) in [6.45, 7) is 5.11. The zero-order valence-corrected chi connectivity index (χ0v) is 14.0. The third-order valence-corrected chi connectivity index (χ3v) is 4.77. The van der Waals surface area contributed by atoms with E-state index in [1.807, 2.05) is 42.6 Å². The molecule has 1 aliphatic rings. The van der Waals surface area contributed by atoms with Gasteiger partial charge in [0.2, 0.25) is 0 Å². The summed E-state index contributed by atoms with van der Waals surface area (Å²) >= 11 is 1.63. The Morgan fingerprint density at radius 1 is 1.43 bits per heavy atom. The average Bonchev–Trinajstić information content (AvgIpc) is 3.01. The van der Waals surface area contributed by atoms with Crippen LogP contribution in [0.15, 0.2) is 35.7 Å². The highest BCUT2D eigenvalue weighted by atomic mass is 32.1. The highest BCUT2D eigenvalue weighted by Crippen LogP contribution is 2.25. The first kappa shape index (κ1) is 16.4. The Kier molecular flexibility index (Phi) is 5.61. The Labute approximate surface area is 140 Å². The van der Waals surface area contributed by atoms with E-state index >= 15 is 0 Å². The first-order valence-electron chi connectivity index (χ1n) is 7.82. The van der Waals surface area contributed by atoms with Crippen molar-refractivity contribution in [1.29, 1.82) is 0 Å². The molecule has 0 aliphatic carbocycles. The van der Waals surface area contributed by atoms with Gasteiger partial charge in [0.05, 0.1) is 6.61 Å². The highest BCUT2D eigenvalue weighted by molar-refractivity contribution is 7.09. The van der Waals surface area contributed by atoms with E-state index in [1.54, 1.807) is 11.3 Å². The standard InChI is InChI=1S/C17H22N2O3S/c1-13-12-23-17(18-13)16-10-19(7-8-21-16)9-14(20)11-22-15-5-3-2-4-6-15/h2-6,12,14,16,20H,7-11H2,1H3/t14-,16+/m0/s1. The lowest BCUT2D eigenvalue weighted by Gasteiger charge is -2.33. The van der Waals surface area contributed by atoms with Gasteiger partial charge in [-0.3, -0.25) is 4.90 Å². The molecule has 2 aromatic rings. The number of ether oxygens (including phenoxy) is 2. The molecular formula is C17H22N2O3S. The van der Waals surface area contributed by atoms with Crippen molar-refractivity contribution in [1.82, 2.24) is 9.88 Å². The van der Waals surface area contributed by atoms with Gasteiger partial charge in [-0.15, -0.1) is 11.3 Å². The summed E-state index contributed by atoms with van der Waals surface area (Å²) in [5.74, 6) is 0.782. The number of nitrogens with zero attached hydrogens (tertiary/aromatic N) is 2. The second-order valence-electron chi connectivity index (χ2n) is 5.72. The van der Waals surface area contributed by atoms with Gasteiger partial charge < -0.3 is 14.6 Å². The third-order valence-electron chi connectivity index (χ3n) is 3.72. The van der Waals surface area contributed by atoms with Crippen molar-refractivity contribution in [2.75, 3.05) is 32.8 Å². The topological polar surface area (TPSA) is 54.8 Å². The fraction of sp³-hybridized carbons (Fsp3) is 0.471. The first-order valence-corrected chi connectivity index (χ1v) is 8.70. The number of aliphatic hydroxyl groups is 1. The molecule has 1 aliphatic heterocycles. The lowest BCUT2D eigenvalue weighted by molar-refractivity contribution is -0.0460. The predicted octanol–water partition coefficient (Wildman–Crippen LogP) is 2.26. The van der Waals surface area contributed by atoms with Gasteiger partial charge in [-0.2, -0.15) is 0 Å². The Morgan fingerprint density at radius 3 is 3.00 bits per heavy atom. The molecule has 6 heteroatoms. The van der Waals surface area contributed by atoms with Crippen molar-refractivity contribution in [3.05, 3.63) is 46.4 Å². The molecule has 1 aromatic heterocycles. The summed E-state index contributed by atoms with van der Waals surface area (Å²) < 4.78 is 11.4. The largest absolute Gasteiger partial charge is 0.491 e. The molecule has 0 radical (unpaired) electrons. The number of β-amino-alcohol motifs (C(OH)–C–C–N with tert-alkyl or cyclic N) is 1. The molecule has 3 rings (SSSR count). The molecule has 1 N–H and O–H groups in total. The molecule has 124 valence electrons. The number of para-hydroxylation sites is 1. The van der Waals surface area contributed by atoms with Crippen molar-refractivity contribution < 1.29 is 14.6 Å². The maximum atomic E-state index is 10.2. The normalized spacial score (nSPS) is 20.3. The molecule has 0 unspecified atom stereocenters. The predicted molar refractivity (Wildman–Crippen MR) is 89.9 cm³/mol. The van der Waals surface area contributed by atoms with E-state index < -0.39 is 6.10 Å². The van der Waals surface area contributed by atoms with Crippen LogP contribution >= 0.6 is 11.3 Å². The molecule has 23 heavy (non-hydrogen) atoms. The van der Waals surface area contributed by atoms with Crippen LogP contribution in [0.1, 0.15) is 16.8 Å². The molecule has 0 amide bonds. The molecular weight excluding hydrogens is 312 g/mol. The maximum Gasteiger partial charge on any atom is 0.123 e. The number of aromatic nitrogens is 1. The van der Waals surface area contributed by atoms with Crippen LogP contribution in [0.4, 0.5) is 0 Å². The van der Waals surface area contributed by atoms with Crippen LogP contribution in [-0.4, -0.2) is 53.9 Å². The van der Waals surface area contributed by atoms with E-state index in [2.05, 4.69) is 9.88 Å². The van der Waals surface area contributed by atoms with Crippen LogP contribution in [0.2, 0.25) is 0 Å². The third kappa shape index (κ3) is 4.75. The summed E-state index contributed by atoms with van der Waals surface area (Å²) in [6, 6.07) is 9.57. The number of thiazole rings is 1. The summed E-state index contributed by atoms with van der Waals surface area (Å²) in [4.78, 5) is 6.72. The van der Waals surface area contributed by atoms with Crippen LogP contribution in [-0.2, 0) is 4.74 Å². The molecule has 1 saturated heterocycles. The smallest absolute Gasteiger partial charge is 0.123 e. The van der Waals surface area contributed by atoms with Crippen LogP contribution in [0, 0.1) is 6.92 Å². The number of hydrogen-bond donors (Lipinski definition) is 1. The van der Waals surface area contributed by atoms with E-state index in [0.717, 1.165) is 29.5 Å². The van der Waals surface area contributed by atoms with E-state index in [1.165, 1.54) is 0 Å². The van der Waals surface area contributed by atoms with E-state index in [-0.39, 0.29) is 6.10 Å². The minimum absolute atomic E-state index is 0.00434. The van der Waals surface area contributed by atoms with Gasteiger partial charge in [0, 0.05) is 30.7 Å². The van der Waals surface area contributed by atoms with Crippen molar-refractivity contribution in [2.45, 2.75) is 19.1 Å². The minimum Gasteiger partial charge on any atom is -0.491 e. The maximum absolute atomic E-state index is 10.2. The van der Waals surface area contributed by atoms with Gasteiger partial charge in [0.25, 0.3) is 0 Å². The molecule has 0 saturated carbocycles. The summed E-state index contributed by atoms with van der Waals surface area (Å²) in [5.41, 5.74) is 1.03. The second-order valence-corrected chi connectivity index (χ2v) is 6.61. The monoisotopic (exact) mass is 334 g/mol. The van der Waals surface area contributed by atoms with Gasteiger partial charge in [-0.1, -0.05) is 18.2 Å². The SMILES string of the molecule is Cc1csc([C@H]2CN(C[C@H](O)COc3ccccc3)CCO2)n1. The Balaban J connectivity index is 1.47. The molecule has 0 bridgehead atoms. The molecule has 0 spiro atoms. The molecule has 2 heterocycles.